The average molecular weight is 292 g/mol. The predicted octanol–water partition coefficient (Wildman–Crippen LogP) is 0.926. The maximum absolute atomic E-state index is 12.6. The second kappa shape index (κ2) is 6.42. The van der Waals surface area contributed by atoms with E-state index in [0.29, 0.717) is 19.6 Å². The standard InChI is InChI=1S/C11H21FN4O2S/c1-11(2,3)8-15(6-7-19(12,17)18)4-5-16-10-13-9-14-16/h9-10H,4-8H2,1-3H3. The molecule has 0 saturated heterocycles. The average Bonchev–Trinajstić information content (AvgIpc) is 2.72. The van der Waals surface area contributed by atoms with E-state index in [0.717, 1.165) is 0 Å². The molecule has 19 heavy (non-hydrogen) atoms. The summed E-state index contributed by atoms with van der Waals surface area (Å²) in [6, 6.07) is 0. The predicted molar refractivity (Wildman–Crippen MR) is 70.8 cm³/mol. The van der Waals surface area contributed by atoms with Gasteiger partial charge in [-0.25, -0.2) is 4.98 Å². The number of hydrogen-bond acceptors (Lipinski definition) is 5. The molecule has 0 N–H and O–H groups in total. The summed E-state index contributed by atoms with van der Waals surface area (Å²) in [5, 5.41) is 3.98. The van der Waals surface area contributed by atoms with Gasteiger partial charge < -0.3 is 0 Å². The molecule has 0 atom stereocenters. The van der Waals surface area contributed by atoms with Crippen molar-refractivity contribution >= 4 is 10.2 Å². The summed E-state index contributed by atoms with van der Waals surface area (Å²) in [5.74, 6) is -0.472. The first kappa shape index (κ1) is 16.0. The van der Waals surface area contributed by atoms with Gasteiger partial charge in [-0.2, -0.15) is 13.5 Å². The highest BCUT2D eigenvalue weighted by molar-refractivity contribution is 7.86. The van der Waals surface area contributed by atoms with Crippen LogP contribution in [0, 0.1) is 5.41 Å². The fraction of sp³-hybridized carbons (Fsp3) is 0.818. The first-order chi connectivity index (χ1) is 8.66. The molecule has 1 aromatic heterocycles. The molecule has 8 heteroatoms. The molecule has 0 aromatic carbocycles. The Labute approximate surface area is 113 Å². The van der Waals surface area contributed by atoms with E-state index in [-0.39, 0.29) is 12.0 Å². The van der Waals surface area contributed by atoms with E-state index in [1.54, 1.807) is 11.0 Å². The van der Waals surface area contributed by atoms with Crippen molar-refractivity contribution < 1.29 is 12.3 Å². The molecule has 1 aromatic rings. The summed E-state index contributed by atoms with van der Waals surface area (Å²) in [7, 11) is -4.42. The second-order valence-corrected chi connectivity index (χ2v) is 7.22. The zero-order valence-electron chi connectivity index (χ0n) is 11.6. The largest absolute Gasteiger partial charge is 0.303 e. The molecule has 0 bridgehead atoms. The normalized spacial score (nSPS) is 13.1. The third-order valence-electron chi connectivity index (χ3n) is 2.46. The highest BCUT2D eigenvalue weighted by Gasteiger charge is 2.18. The molecular formula is C11H21FN4O2S. The fourth-order valence-corrected chi connectivity index (χ4v) is 2.25. The van der Waals surface area contributed by atoms with E-state index < -0.39 is 16.0 Å². The van der Waals surface area contributed by atoms with Gasteiger partial charge in [0, 0.05) is 19.6 Å². The SMILES string of the molecule is CC(C)(C)CN(CCn1cncn1)CCS(=O)(=O)F. The lowest BCUT2D eigenvalue weighted by Crippen LogP contribution is -2.37. The Morgan fingerprint density at radius 1 is 1.32 bits per heavy atom. The summed E-state index contributed by atoms with van der Waals surface area (Å²) >= 11 is 0. The van der Waals surface area contributed by atoms with Gasteiger partial charge in [-0.15, -0.1) is 3.89 Å². The van der Waals surface area contributed by atoms with Crippen molar-refractivity contribution in [3.8, 4) is 0 Å². The summed E-state index contributed by atoms with van der Waals surface area (Å²) in [4.78, 5) is 5.77. The Morgan fingerprint density at radius 2 is 2.00 bits per heavy atom. The van der Waals surface area contributed by atoms with Crippen LogP contribution in [-0.4, -0.2) is 53.5 Å². The van der Waals surface area contributed by atoms with Gasteiger partial charge in [0.2, 0.25) is 0 Å². The maximum Gasteiger partial charge on any atom is 0.303 e. The molecule has 6 nitrogen and oxygen atoms in total. The van der Waals surface area contributed by atoms with Crippen LogP contribution in [0.4, 0.5) is 3.89 Å². The number of hydrogen-bond donors (Lipinski definition) is 0. The van der Waals surface area contributed by atoms with Crippen molar-refractivity contribution in [3.63, 3.8) is 0 Å². The maximum atomic E-state index is 12.6. The van der Waals surface area contributed by atoms with Crippen molar-refractivity contribution in [2.45, 2.75) is 27.3 Å². The number of aromatic nitrogens is 3. The summed E-state index contributed by atoms with van der Waals surface area (Å²) in [6.07, 6.45) is 3.04. The van der Waals surface area contributed by atoms with Gasteiger partial charge in [0.05, 0.1) is 12.3 Å². The summed E-state index contributed by atoms with van der Waals surface area (Å²) < 4.78 is 35.5. The zero-order chi connectivity index (χ0) is 14.5. The van der Waals surface area contributed by atoms with Crippen molar-refractivity contribution in [3.05, 3.63) is 12.7 Å². The van der Waals surface area contributed by atoms with Gasteiger partial charge >= 0.3 is 10.2 Å². The van der Waals surface area contributed by atoms with Gasteiger partial charge in [-0.1, -0.05) is 20.8 Å². The fourth-order valence-electron chi connectivity index (χ4n) is 1.77. The van der Waals surface area contributed by atoms with Crippen LogP contribution in [0.3, 0.4) is 0 Å². The lowest BCUT2D eigenvalue weighted by Gasteiger charge is -2.29. The van der Waals surface area contributed by atoms with E-state index in [1.807, 2.05) is 4.90 Å². The van der Waals surface area contributed by atoms with Crippen molar-refractivity contribution in [1.29, 1.82) is 0 Å². The smallest absolute Gasteiger partial charge is 0.300 e. The quantitative estimate of drug-likeness (QED) is 0.699. The Balaban J connectivity index is 2.53. The van der Waals surface area contributed by atoms with E-state index in [4.69, 9.17) is 0 Å². The van der Waals surface area contributed by atoms with E-state index in [9.17, 15) is 12.3 Å². The molecule has 1 heterocycles. The monoisotopic (exact) mass is 292 g/mol. The van der Waals surface area contributed by atoms with Gasteiger partial charge in [0.1, 0.15) is 12.7 Å². The highest BCUT2D eigenvalue weighted by Crippen LogP contribution is 2.15. The summed E-state index contributed by atoms with van der Waals surface area (Å²) in [5.41, 5.74) is 0.0163. The van der Waals surface area contributed by atoms with Gasteiger partial charge in [-0.3, -0.25) is 9.58 Å². The molecule has 0 radical (unpaired) electrons. The molecule has 0 aliphatic carbocycles. The van der Waals surface area contributed by atoms with Crippen LogP contribution >= 0.6 is 0 Å². The molecule has 110 valence electrons. The van der Waals surface area contributed by atoms with Crippen molar-refractivity contribution in [2.75, 3.05) is 25.4 Å². The molecule has 0 fully saturated rings. The van der Waals surface area contributed by atoms with Crippen molar-refractivity contribution in [1.82, 2.24) is 19.7 Å². The number of nitrogens with zero attached hydrogens (tertiary/aromatic N) is 4. The highest BCUT2D eigenvalue weighted by atomic mass is 32.3. The van der Waals surface area contributed by atoms with Crippen LogP contribution in [0.5, 0.6) is 0 Å². The Hall–Kier alpha value is -1.02. The second-order valence-electron chi connectivity index (χ2n) is 5.74. The first-order valence-corrected chi connectivity index (χ1v) is 7.68. The van der Waals surface area contributed by atoms with Crippen LogP contribution < -0.4 is 0 Å². The Bertz CT molecular complexity index is 467. The molecule has 0 amide bonds. The third-order valence-corrected chi connectivity index (χ3v) is 3.13. The molecule has 0 aliphatic heterocycles. The minimum absolute atomic E-state index is 0.0163. The summed E-state index contributed by atoms with van der Waals surface area (Å²) in [6.45, 7) is 8.25. The van der Waals surface area contributed by atoms with E-state index in [1.165, 1.54) is 6.33 Å². The zero-order valence-corrected chi connectivity index (χ0v) is 12.4. The molecule has 0 aliphatic rings. The van der Waals surface area contributed by atoms with Gasteiger partial charge in [0.15, 0.2) is 0 Å². The first-order valence-electron chi connectivity index (χ1n) is 6.13. The van der Waals surface area contributed by atoms with E-state index >= 15 is 0 Å². The lowest BCUT2D eigenvalue weighted by atomic mass is 9.96. The molecule has 0 spiro atoms. The molecule has 0 unspecified atom stereocenters. The molecular weight excluding hydrogens is 271 g/mol. The van der Waals surface area contributed by atoms with Crippen LogP contribution in [0.25, 0.3) is 0 Å². The van der Waals surface area contributed by atoms with Crippen molar-refractivity contribution in [2.24, 2.45) is 5.41 Å². The Morgan fingerprint density at radius 3 is 2.47 bits per heavy atom. The van der Waals surface area contributed by atoms with Crippen LogP contribution in [0.2, 0.25) is 0 Å². The van der Waals surface area contributed by atoms with E-state index in [2.05, 4.69) is 30.9 Å². The number of halogens is 1. The lowest BCUT2D eigenvalue weighted by molar-refractivity contribution is 0.191. The van der Waals surface area contributed by atoms with Gasteiger partial charge in [0.25, 0.3) is 0 Å². The third kappa shape index (κ3) is 7.89. The minimum atomic E-state index is -4.42. The topological polar surface area (TPSA) is 68.1 Å². The van der Waals surface area contributed by atoms with Crippen LogP contribution in [0.15, 0.2) is 12.7 Å². The van der Waals surface area contributed by atoms with Gasteiger partial charge in [-0.05, 0) is 5.41 Å². The minimum Gasteiger partial charge on any atom is -0.300 e. The van der Waals surface area contributed by atoms with Crippen LogP contribution in [0.1, 0.15) is 20.8 Å². The number of rotatable bonds is 7. The molecule has 0 saturated carbocycles. The Kier molecular flexibility index (Phi) is 5.42. The van der Waals surface area contributed by atoms with Crippen LogP contribution in [-0.2, 0) is 16.8 Å². The molecule has 1 rings (SSSR count).